The van der Waals surface area contributed by atoms with E-state index in [0.29, 0.717) is 11.3 Å². The third kappa shape index (κ3) is 3.47. The molecule has 0 bridgehead atoms. The zero-order valence-corrected chi connectivity index (χ0v) is 11.6. The van der Waals surface area contributed by atoms with Crippen LogP contribution in [0.5, 0.6) is 6.01 Å². The Bertz CT molecular complexity index is 718. The molecule has 1 aromatic heterocycles. The lowest BCUT2D eigenvalue weighted by atomic mass is 9.79. The minimum absolute atomic E-state index is 0.00671. The maximum atomic E-state index is 13.5. The number of ether oxygens (including phenoxy) is 1. The summed E-state index contributed by atoms with van der Waals surface area (Å²) in [6, 6.07) is 5.07. The number of nitrogens with zero attached hydrogens (tertiary/aromatic N) is 2. The van der Waals surface area contributed by atoms with Crippen molar-refractivity contribution in [3.63, 3.8) is 0 Å². The number of benzene rings is 1. The highest BCUT2D eigenvalue weighted by Gasteiger charge is 2.15. The van der Waals surface area contributed by atoms with Crippen LogP contribution in [-0.2, 0) is 6.54 Å². The van der Waals surface area contributed by atoms with Gasteiger partial charge >= 0.3 is 7.12 Å². The zero-order chi connectivity index (χ0) is 15.6. The van der Waals surface area contributed by atoms with Gasteiger partial charge in [-0.1, -0.05) is 6.07 Å². The van der Waals surface area contributed by atoms with Crippen molar-refractivity contribution in [3.05, 3.63) is 51.7 Å². The van der Waals surface area contributed by atoms with Crippen LogP contribution in [0.3, 0.4) is 0 Å². The van der Waals surface area contributed by atoms with Gasteiger partial charge in [0.25, 0.3) is 11.6 Å². The van der Waals surface area contributed by atoms with E-state index in [2.05, 4.69) is 4.98 Å². The van der Waals surface area contributed by atoms with Crippen molar-refractivity contribution in [2.24, 2.45) is 0 Å². The summed E-state index contributed by atoms with van der Waals surface area (Å²) in [7, 11) is -0.402. The van der Waals surface area contributed by atoms with Crippen LogP contribution in [0.4, 0.5) is 4.39 Å². The number of hydrogen-bond acceptors (Lipinski definition) is 5. The van der Waals surface area contributed by atoms with Gasteiger partial charge in [0.15, 0.2) is 0 Å². The fourth-order valence-electron chi connectivity index (χ4n) is 1.99. The standard InChI is InChI=1S/C13H14BFN2O4/c1-8-3-12(18)17(13(16-8)21-2)7-9-4-10(14(19)20)6-11(15)5-9/h3-6,19-20H,7H2,1-2H3. The lowest BCUT2D eigenvalue weighted by Crippen LogP contribution is -2.31. The van der Waals surface area contributed by atoms with Crippen molar-refractivity contribution in [3.8, 4) is 6.01 Å². The van der Waals surface area contributed by atoms with Gasteiger partial charge < -0.3 is 14.8 Å². The Balaban J connectivity index is 2.45. The van der Waals surface area contributed by atoms with Crippen LogP contribution in [0.2, 0.25) is 0 Å². The van der Waals surface area contributed by atoms with E-state index in [9.17, 15) is 9.18 Å². The zero-order valence-electron chi connectivity index (χ0n) is 11.6. The summed E-state index contributed by atoms with van der Waals surface area (Å²) < 4.78 is 19.8. The SMILES string of the molecule is COc1nc(C)cc(=O)n1Cc1cc(F)cc(B(O)O)c1. The predicted molar refractivity (Wildman–Crippen MR) is 75.1 cm³/mol. The lowest BCUT2D eigenvalue weighted by Gasteiger charge is -2.12. The lowest BCUT2D eigenvalue weighted by molar-refractivity contribution is 0.349. The molecule has 0 fully saturated rings. The molecule has 2 rings (SSSR count). The largest absolute Gasteiger partial charge is 0.488 e. The normalized spacial score (nSPS) is 10.5. The number of halogens is 1. The summed E-state index contributed by atoms with van der Waals surface area (Å²) in [6.45, 7) is 1.67. The first-order chi connectivity index (χ1) is 9.90. The minimum atomic E-state index is -1.78. The van der Waals surface area contributed by atoms with Gasteiger partial charge in [0, 0.05) is 11.8 Å². The van der Waals surface area contributed by atoms with Crippen molar-refractivity contribution in [2.45, 2.75) is 13.5 Å². The van der Waals surface area contributed by atoms with E-state index in [4.69, 9.17) is 14.8 Å². The topological polar surface area (TPSA) is 84.6 Å². The fourth-order valence-corrected chi connectivity index (χ4v) is 1.99. The molecule has 0 amide bonds. The first kappa shape index (κ1) is 15.2. The van der Waals surface area contributed by atoms with Crippen LogP contribution in [0.25, 0.3) is 0 Å². The monoisotopic (exact) mass is 292 g/mol. The molecule has 110 valence electrons. The average molecular weight is 292 g/mol. The highest BCUT2D eigenvalue weighted by molar-refractivity contribution is 6.58. The van der Waals surface area contributed by atoms with Gasteiger partial charge in [0.05, 0.1) is 13.7 Å². The van der Waals surface area contributed by atoms with Gasteiger partial charge in [-0.25, -0.2) is 9.37 Å². The van der Waals surface area contributed by atoms with Crippen LogP contribution in [0.1, 0.15) is 11.3 Å². The van der Waals surface area contributed by atoms with Gasteiger partial charge in [-0.3, -0.25) is 9.36 Å². The maximum Gasteiger partial charge on any atom is 0.488 e. The predicted octanol–water partition coefficient (Wildman–Crippen LogP) is -0.572. The van der Waals surface area contributed by atoms with E-state index in [1.54, 1.807) is 6.92 Å². The molecule has 0 radical (unpaired) electrons. The van der Waals surface area contributed by atoms with Gasteiger partial charge in [-0.2, -0.15) is 0 Å². The van der Waals surface area contributed by atoms with Gasteiger partial charge in [-0.05, 0) is 30.1 Å². The summed E-state index contributed by atoms with van der Waals surface area (Å²) in [4.78, 5) is 16.1. The Morgan fingerprint density at radius 2 is 2.05 bits per heavy atom. The average Bonchev–Trinajstić information content (AvgIpc) is 2.40. The van der Waals surface area contributed by atoms with E-state index in [0.717, 1.165) is 6.07 Å². The summed E-state index contributed by atoms with van der Waals surface area (Å²) in [5.74, 6) is -0.623. The Morgan fingerprint density at radius 3 is 2.67 bits per heavy atom. The number of hydrogen-bond donors (Lipinski definition) is 2. The molecule has 8 heteroatoms. The molecule has 0 atom stereocenters. The number of aryl methyl sites for hydroxylation is 1. The molecule has 1 aromatic carbocycles. The molecule has 0 spiro atoms. The smallest absolute Gasteiger partial charge is 0.468 e. The molecule has 0 aliphatic heterocycles. The number of methoxy groups -OCH3 is 1. The van der Waals surface area contributed by atoms with Crippen molar-refractivity contribution >= 4 is 12.6 Å². The van der Waals surface area contributed by atoms with E-state index in [1.807, 2.05) is 0 Å². The Kier molecular flexibility index (Phi) is 4.39. The summed E-state index contributed by atoms with van der Waals surface area (Å²) in [5, 5.41) is 18.2. The number of rotatable bonds is 4. The molecule has 1 heterocycles. The second kappa shape index (κ2) is 6.07. The second-order valence-electron chi connectivity index (χ2n) is 4.58. The molecule has 0 aliphatic carbocycles. The van der Waals surface area contributed by atoms with E-state index in [-0.39, 0.29) is 23.6 Å². The van der Waals surface area contributed by atoms with Crippen LogP contribution in [0, 0.1) is 12.7 Å². The van der Waals surface area contributed by atoms with Crippen LogP contribution in [-0.4, -0.2) is 33.8 Å². The van der Waals surface area contributed by atoms with Gasteiger partial charge in [0.1, 0.15) is 5.82 Å². The highest BCUT2D eigenvalue weighted by Crippen LogP contribution is 2.09. The highest BCUT2D eigenvalue weighted by atomic mass is 19.1. The summed E-state index contributed by atoms with van der Waals surface area (Å²) in [5.41, 5.74) is 0.578. The van der Waals surface area contributed by atoms with E-state index < -0.39 is 12.9 Å². The van der Waals surface area contributed by atoms with Crippen LogP contribution < -0.4 is 15.8 Å². The quantitative estimate of drug-likeness (QED) is 0.737. The molecule has 21 heavy (non-hydrogen) atoms. The van der Waals surface area contributed by atoms with Gasteiger partial charge in [0.2, 0.25) is 0 Å². The molecule has 6 nitrogen and oxygen atoms in total. The van der Waals surface area contributed by atoms with Crippen LogP contribution in [0.15, 0.2) is 29.1 Å². The fraction of sp³-hybridized carbons (Fsp3) is 0.231. The summed E-state index contributed by atoms with van der Waals surface area (Å²) >= 11 is 0. The Morgan fingerprint density at radius 1 is 1.33 bits per heavy atom. The third-order valence-corrected chi connectivity index (χ3v) is 2.90. The van der Waals surface area contributed by atoms with Gasteiger partial charge in [-0.15, -0.1) is 0 Å². The first-order valence-corrected chi connectivity index (χ1v) is 6.18. The van der Waals surface area contributed by atoms with Crippen molar-refractivity contribution in [1.82, 2.24) is 9.55 Å². The Labute approximate surface area is 120 Å². The second-order valence-corrected chi connectivity index (χ2v) is 4.58. The van der Waals surface area contributed by atoms with Crippen molar-refractivity contribution in [2.75, 3.05) is 7.11 Å². The minimum Gasteiger partial charge on any atom is -0.468 e. The maximum absolute atomic E-state index is 13.5. The Hall–Kier alpha value is -2.19. The molecule has 0 unspecified atom stereocenters. The van der Waals surface area contributed by atoms with Crippen LogP contribution >= 0.6 is 0 Å². The third-order valence-electron chi connectivity index (χ3n) is 2.90. The molecule has 2 aromatic rings. The molecular weight excluding hydrogens is 278 g/mol. The molecule has 2 N–H and O–H groups in total. The number of aromatic nitrogens is 2. The molecular formula is C13H14BFN2O4. The molecule has 0 saturated heterocycles. The molecule has 0 aliphatic rings. The first-order valence-electron chi connectivity index (χ1n) is 6.18. The van der Waals surface area contributed by atoms with E-state index >= 15 is 0 Å². The van der Waals surface area contributed by atoms with Crippen molar-refractivity contribution in [1.29, 1.82) is 0 Å². The summed E-state index contributed by atoms with van der Waals surface area (Å²) in [6.07, 6.45) is 0. The molecule has 0 saturated carbocycles. The van der Waals surface area contributed by atoms with Crippen molar-refractivity contribution < 1.29 is 19.2 Å². The van der Waals surface area contributed by atoms with E-state index in [1.165, 1.54) is 29.9 Å².